The van der Waals surface area contributed by atoms with Gasteiger partial charge in [0.2, 0.25) is 5.91 Å². The van der Waals surface area contributed by atoms with Gasteiger partial charge in [-0.1, -0.05) is 13.3 Å². The molecule has 0 aromatic carbocycles. The topological polar surface area (TPSA) is 66.4 Å². The maximum absolute atomic E-state index is 13.1. The van der Waals surface area contributed by atoms with E-state index >= 15 is 0 Å². The number of aryl methyl sites for hydroxylation is 3. The van der Waals surface area contributed by atoms with Crippen LogP contribution in [0.2, 0.25) is 0 Å². The number of amides is 2. The van der Waals surface area contributed by atoms with Gasteiger partial charge < -0.3 is 9.80 Å². The number of hydrogen-bond acceptors (Lipinski definition) is 5. The molecule has 152 valence electrons. The Morgan fingerprint density at radius 1 is 1.18 bits per heavy atom. The first-order chi connectivity index (χ1) is 13.3. The van der Waals surface area contributed by atoms with Crippen molar-refractivity contribution in [1.82, 2.24) is 19.8 Å². The molecule has 28 heavy (non-hydrogen) atoms. The lowest BCUT2D eigenvalue weighted by molar-refractivity contribution is -0.135. The molecule has 3 heterocycles. The van der Waals surface area contributed by atoms with Gasteiger partial charge in [-0.05, 0) is 45.6 Å². The molecule has 7 heteroatoms. The zero-order valence-electron chi connectivity index (χ0n) is 17.5. The van der Waals surface area contributed by atoms with E-state index in [1.807, 2.05) is 37.6 Å². The minimum Gasteiger partial charge on any atom is -0.346 e. The van der Waals surface area contributed by atoms with Crippen LogP contribution in [0.15, 0.2) is 0 Å². The first-order valence-corrected chi connectivity index (χ1v) is 10.9. The number of unbranched alkanes of at least 4 members (excludes halogenated alkanes) is 1. The van der Waals surface area contributed by atoms with Crippen LogP contribution in [0, 0.1) is 26.7 Å². The van der Waals surface area contributed by atoms with Crippen LogP contribution in [0.25, 0.3) is 10.2 Å². The highest BCUT2D eigenvalue weighted by atomic mass is 32.1. The highest BCUT2D eigenvalue weighted by Crippen LogP contribution is 2.33. The van der Waals surface area contributed by atoms with E-state index in [4.69, 9.17) is 0 Å². The minimum absolute atomic E-state index is 0.0326. The third-order valence-corrected chi connectivity index (χ3v) is 6.81. The molecule has 0 radical (unpaired) electrons. The van der Waals surface area contributed by atoms with Crippen LogP contribution < -0.4 is 0 Å². The molecule has 2 aromatic heterocycles. The van der Waals surface area contributed by atoms with Gasteiger partial charge in [0.05, 0.1) is 4.88 Å². The van der Waals surface area contributed by atoms with Crippen molar-refractivity contribution in [2.75, 3.05) is 26.7 Å². The first-order valence-electron chi connectivity index (χ1n) is 10.1. The molecule has 0 spiro atoms. The van der Waals surface area contributed by atoms with Crippen molar-refractivity contribution in [1.29, 1.82) is 0 Å². The first kappa shape index (κ1) is 20.7. The lowest BCUT2D eigenvalue weighted by Crippen LogP contribution is -2.43. The Kier molecular flexibility index (Phi) is 6.33. The maximum atomic E-state index is 13.1. The average Bonchev–Trinajstić information content (AvgIpc) is 3.01. The Morgan fingerprint density at radius 3 is 2.50 bits per heavy atom. The van der Waals surface area contributed by atoms with Crippen LogP contribution in [0.4, 0.5) is 0 Å². The van der Waals surface area contributed by atoms with E-state index in [0.717, 1.165) is 64.4 Å². The van der Waals surface area contributed by atoms with Gasteiger partial charge >= 0.3 is 0 Å². The Bertz CT molecular complexity index is 884. The number of aromatic nitrogens is 2. The van der Waals surface area contributed by atoms with E-state index in [-0.39, 0.29) is 17.7 Å². The molecular weight excluding hydrogens is 372 g/mol. The third kappa shape index (κ3) is 4.04. The lowest BCUT2D eigenvalue weighted by Gasteiger charge is -2.33. The van der Waals surface area contributed by atoms with Crippen molar-refractivity contribution in [3.63, 3.8) is 0 Å². The number of thiophene rings is 1. The maximum Gasteiger partial charge on any atom is 0.264 e. The molecule has 0 saturated carbocycles. The number of nitrogens with zero attached hydrogens (tertiary/aromatic N) is 4. The van der Waals surface area contributed by atoms with Crippen LogP contribution >= 0.6 is 11.3 Å². The van der Waals surface area contributed by atoms with Crippen molar-refractivity contribution in [3.05, 3.63) is 22.0 Å². The van der Waals surface area contributed by atoms with E-state index in [2.05, 4.69) is 16.9 Å². The molecule has 1 aliphatic heterocycles. The van der Waals surface area contributed by atoms with Gasteiger partial charge in [-0.3, -0.25) is 9.59 Å². The fourth-order valence-electron chi connectivity index (χ4n) is 3.97. The SMILES string of the molecule is CCCCN(C)C(=O)C1CCN(C(=O)c2sc3nc(C)nc(C)c3c2C)CC1. The zero-order valence-corrected chi connectivity index (χ0v) is 18.4. The number of carbonyl (C=O) groups excluding carboxylic acids is 2. The molecule has 0 aliphatic carbocycles. The normalized spacial score (nSPS) is 15.2. The van der Waals surface area contributed by atoms with Crippen molar-refractivity contribution >= 4 is 33.4 Å². The van der Waals surface area contributed by atoms with E-state index in [0.29, 0.717) is 13.1 Å². The van der Waals surface area contributed by atoms with Gasteiger partial charge in [0.15, 0.2) is 0 Å². The number of hydrogen-bond donors (Lipinski definition) is 0. The second-order valence-electron chi connectivity index (χ2n) is 7.77. The van der Waals surface area contributed by atoms with Crippen LogP contribution in [0.5, 0.6) is 0 Å². The van der Waals surface area contributed by atoms with E-state index in [1.54, 1.807) is 0 Å². The summed E-state index contributed by atoms with van der Waals surface area (Å²) in [4.78, 5) is 40.1. The molecule has 3 rings (SSSR count). The van der Waals surface area contributed by atoms with E-state index < -0.39 is 0 Å². The van der Waals surface area contributed by atoms with E-state index in [1.165, 1.54) is 11.3 Å². The largest absolute Gasteiger partial charge is 0.346 e. The van der Waals surface area contributed by atoms with Crippen LogP contribution in [0.3, 0.4) is 0 Å². The highest BCUT2D eigenvalue weighted by molar-refractivity contribution is 7.20. The van der Waals surface area contributed by atoms with Crippen molar-refractivity contribution in [3.8, 4) is 0 Å². The van der Waals surface area contributed by atoms with Gasteiger partial charge in [-0.25, -0.2) is 9.97 Å². The molecule has 1 aliphatic rings. The summed E-state index contributed by atoms with van der Waals surface area (Å²) in [7, 11) is 1.89. The van der Waals surface area contributed by atoms with Crippen LogP contribution in [-0.2, 0) is 4.79 Å². The average molecular weight is 403 g/mol. The number of piperidine rings is 1. The number of likely N-dealkylation sites (tertiary alicyclic amines) is 1. The molecule has 0 unspecified atom stereocenters. The van der Waals surface area contributed by atoms with Crippen molar-refractivity contribution in [2.24, 2.45) is 5.92 Å². The van der Waals surface area contributed by atoms with Crippen LogP contribution in [-0.4, -0.2) is 58.3 Å². The second-order valence-corrected chi connectivity index (χ2v) is 8.77. The summed E-state index contributed by atoms with van der Waals surface area (Å²) in [5.41, 5.74) is 1.90. The summed E-state index contributed by atoms with van der Waals surface area (Å²) in [6, 6.07) is 0. The van der Waals surface area contributed by atoms with Gasteiger partial charge in [-0.2, -0.15) is 0 Å². The van der Waals surface area contributed by atoms with Crippen molar-refractivity contribution in [2.45, 2.75) is 53.4 Å². The standard InChI is InChI=1S/C21H30N4O2S/c1-6-7-10-24(5)20(26)16-8-11-25(12-9-16)21(27)18-13(2)17-14(3)22-15(4)23-19(17)28-18/h16H,6-12H2,1-5H3. The third-order valence-electron chi connectivity index (χ3n) is 5.63. The Balaban J connectivity index is 1.69. The Labute approximate surface area is 171 Å². The second kappa shape index (κ2) is 8.55. The summed E-state index contributed by atoms with van der Waals surface area (Å²) < 4.78 is 0. The summed E-state index contributed by atoms with van der Waals surface area (Å²) >= 11 is 1.46. The molecule has 0 atom stereocenters. The van der Waals surface area contributed by atoms with Crippen LogP contribution in [0.1, 0.15) is 59.4 Å². The van der Waals surface area contributed by atoms with Gasteiger partial charge in [0.25, 0.3) is 5.91 Å². The predicted molar refractivity (Wildman–Crippen MR) is 113 cm³/mol. The molecule has 2 amide bonds. The molecule has 1 fully saturated rings. The molecular formula is C21H30N4O2S. The van der Waals surface area contributed by atoms with Gasteiger partial charge in [0, 0.05) is 43.7 Å². The quantitative estimate of drug-likeness (QED) is 0.764. The molecule has 0 bridgehead atoms. The number of fused-ring (bicyclic) bond motifs is 1. The summed E-state index contributed by atoms with van der Waals surface area (Å²) in [6.07, 6.45) is 3.60. The van der Waals surface area contributed by atoms with Gasteiger partial charge in [-0.15, -0.1) is 11.3 Å². The summed E-state index contributed by atoms with van der Waals surface area (Å²) in [5, 5.41) is 1.00. The molecule has 2 aromatic rings. The fraction of sp³-hybridized carbons (Fsp3) is 0.619. The van der Waals surface area contributed by atoms with Crippen molar-refractivity contribution < 1.29 is 9.59 Å². The Morgan fingerprint density at radius 2 is 1.86 bits per heavy atom. The smallest absolute Gasteiger partial charge is 0.264 e. The number of carbonyl (C=O) groups is 2. The zero-order chi connectivity index (χ0) is 20.4. The van der Waals surface area contributed by atoms with Gasteiger partial charge in [0.1, 0.15) is 10.7 Å². The molecule has 1 saturated heterocycles. The number of rotatable bonds is 5. The lowest BCUT2D eigenvalue weighted by atomic mass is 9.95. The molecule has 6 nitrogen and oxygen atoms in total. The minimum atomic E-state index is 0.0326. The summed E-state index contributed by atoms with van der Waals surface area (Å²) in [5.74, 6) is 1.05. The highest BCUT2D eigenvalue weighted by Gasteiger charge is 2.31. The summed E-state index contributed by atoms with van der Waals surface area (Å²) in [6.45, 7) is 10.0. The monoisotopic (exact) mass is 402 g/mol. The molecule has 0 N–H and O–H groups in total. The van der Waals surface area contributed by atoms with E-state index in [9.17, 15) is 9.59 Å². The fourth-order valence-corrected chi connectivity index (χ4v) is 5.21. The Hall–Kier alpha value is -2.02. The predicted octanol–water partition coefficient (Wildman–Crippen LogP) is 3.73.